The lowest BCUT2D eigenvalue weighted by Gasteiger charge is -2.29. The summed E-state index contributed by atoms with van der Waals surface area (Å²) in [5.41, 5.74) is 2.13. The van der Waals surface area contributed by atoms with Gasteiger partial charge in [-0.3, -0.25) is 9.69 Å². The van der Waals surface area contributed by atoms with Gasteiger partial charge in [-0.25, -0.2) is 0 Å². The van der Waals surface area contributed by atoms with E-state index in [1.54, 1.807) is 0 Å². The number of carboxylic acid groups (broad SMARTS) is 1. The lowest BCUT2D eigenvalue weighted by molar-refractivity contribution is -0.143. The summed E-state index contributed by atoms with van der Waals surface area (Å²) in [6.07, 6.45) is 8.82. The van der Waals surface area contributed by atoms with Crippen LogP contribution >= 0.6 is 0 Å². The van der Waals surface area contributed by atoms with Crippen LogP contribution in [0.4, 0.5) is 0 Å². The van der Waals surface area contributed by atoms with Gasteiger partial charge < -0.3 is 9.94 Å². The zero-order valence-electron chi connectivity index (χ0n) is 16.6. The molecule has 1 aliphatic rings. The van der Waals surface area contributed by atoms with Crippen molar-refractivity contribution < 1.29 is 14.7 Å². The molecule has 1 saturated heterocycles. The number of oxime groups is 1. The largest absolute Gasteiger partial charge is 0.481 e. The molecule has 1 aromatic rings. The molecule has 0 aliphatic carbocycles. The fourth-order valence-corrected chi connectivity index (χ4v) is 3.52. The molecule has 1 heterocycles. The summed E-state index contributed by atoms with van der Waals surface area (Å²) in [6, 6.07) is 10.2. The zero-order valence-corrected chi connectivity index (χ0v) is 16.6. The van der Waals surface area contributed by atoms with E-state index in [2.05, 4.69) is 29.1 Å². The van der Waals surface area contributed by atoms with Crippen LogP contribution in [0, 0.1) is 5.92 Å². The van der Waals surface area contributed by atoms with Gasteiger partial charge in [0.1, 0.15) is 6.61 Å². The van der Waals surface area contributed by atoms with E-state index < -0.39 is 5.97 Å². The van der Waals surface area contributed by atoms with Crippen LogP contribution in [0.25, 0.3) is 0 Å². The monoisotopic (exact) mass is 374 g/mol. The van der Waals surface area contributed by atoms with E-state index in [9.17, 15) is 9.90 Å². The van der Waals surface area contributed by atoms with E-state index in [1.807, 2.05) is 18.2 Å². The predicted octanol–water partition coefficient (Wildman–Crippen LogP) is 4.56. The Hall–Kier alpha value is -1.88. The molecule has 5 heteroatoms. The molecule has 2 rings (SSSR count). The Morgan fingerprint density at radius 3 is 2.74 bits per heavy atom. The molecule has 0 saturated carbocycles. The van der Waals surface area contributed by atoms with E-state index >= 15 is 0 Å². The molecule has 1 atom stereocenters. The Morgan fingerprint density at radius 2 is 2.00 bits per heavy atom. The van der Waals surface area contributed by atoms with E-state index in [0.717, 1.165) is 50.0 Å². The summed E-state index contributed by atoms with van der Waals surface area (Å²) < 4.78 is 0. The van der Waals surface area contributed by atoms with Gasteiger partial charge in [-0.1, -0.05) is 68.1 Å². The molecule has 27 heavy (non-hydrogen) atoms. The van der Waals surface area contributed by atoms with Gasteiger partial charge in [-0.15, -0.1) is 0 Å². The molecule has 5 nitrogen and oxygen atoms in total. The maximum absolute atomic E-state index is 11.2. The molecule has 0 amide bonds. The van der Waals surface area contributed by atoms with Gasteiger partial charge in [0.25, 0.3) is 0 Å². The number of hydrogen-bond donors (Lipinski definition) is 1. The molecule has 1 aliphatic heterocycles. The Labute approximate surface area is 163 Å². The number of unbranched alkanes of at least 4 members (excludes halogenated alkanes) is 4. The summed E-state index contributed by atoms with van der Waals surface area (Å²) >= 11 is 0. The quantitative estimate of drug-likeness (QED) is 0.331. The summed E-state index contributed by atoms with van der Waals surface area (Å²) in [6.45, 7) is 5.02. The molecule has 1 fully saturated rings. The smallest absolute Gasteiger partial charge is 0.307 e. The van der Waals surface area contributed by atoms with Crippen LogP contribution < -0.4 is 0 Å². The van der Waals surface area contributed by atoms with Gasteiger partial charge in [0, 0.05) is 13.1 Å². The Kier molecular flexibility index (Phi) is 9.91. The second-order valence-corrected chi connectivity index (χ2v) is 7.38. The molecule has 1 aromatic carbocycles. The van der Waals surface area contributed by atoms with Crippen LogP contribution in [0.5, 0.6) is 0 Å². The van der Waals surface area contributed by atoms with Crippen LogP contribution in [0.1, 0.15) is 63.9 Å². The zero-order chi connectivity index (χ0) is 19.3. The molecule has 0 bridgehead atoms. The van der Waals surface area contributed by atoms with Gasteiger partial charge in [0.15, 0.2) is 0 Å². The maximum Gasteiger partial charge on any atom is 0.307 e. The highest BCUT2D eigenvalue weighted by Crippen LogP contribution is 2.16. The summed E-state index contributed by atoms with van der Waals surface area (Å²) in [7, 11) is 0. The van der Waals surface area contributed by atoms with E-state index in [0.29, 0.717) is 13.2 Å². The highest BCUT2D eigenvalue weighted by Gasteiger charge is 2.24. The van der Waals surface area contributed by atoms with Gasteiger partial charge in [0.2, 0.25) is 0 Å². The number of likely N-dealkylation sites (tertiary alicyclic amines) is 1. The molecule has 1 N–H and O–H groups in total. The average Bonchev–Trinajstić information content (AvgIpc) is 2.70. The minimum Gasteiger partial charge on any atom is -0.481 e. The van der Waals surface area contributed by atoms with Crippen LogP contribution in [-0.4, -0.2) is 47.9 Å². The van der Waals surface area contributed by atoms with Crippen molar-refractivity contribution in [3.8, 4) is 0 Å². The van der Waals surface area contributed by atoms with Crippen molar-refractivity contribution in [2.24, 2.45) is 11.1 Å². The number of rotatable bonds is 12. The van der Waals surface area contributed by atoms with Gasteiger partial charge in [0.05, 0.1) is 11.6 Å². The summed E-state index contributed by atoms with van der Waals surface area (Å²) in [5, 5.41) is 13.6. The maximum atomic E-state index is 11.2. The average molecular weight is 375 g/mol. The van der Waals surface area contributed by atoms with E-state index in [1.165, 1.54) is 25.7 Å². The fourth-order valence-electron chi connectivity index (χ4n) is 3.52. The summed E-state index contributed by atoms with van der Waals surface area (Å²) in [5.74, 6) is -0.932. The molecular weight excluding hydrogens is 340 g/mol. The minimum atomic E-state index is -0.687. The number of aliphatic carboxylic acids is 1. The van der Waals surface area contributed by atoms with Gasteiger partial charge in [-0.2, -0.15) is 0 Å². The first-order valence-electron chi connectivity index (χ1n) is 10.4. The summed E-state index contributed by atoms with van der Waals surface area (Å²) in [4.78, 5) is 19.0. The van der Waals surface area contributed by atoms with Crippen molar-refractivity contribution in [1.29, 1.82) is 0 Å². The number of piperidine rings is 1. The molecule has 0 radical (unpaired) electrons. The molecule has 1 unspecified atom stereocenters. The van der Waals surface area contributed by atoms with Crippen molar-refractivity contribution in [2.75, 3.05) is 26.2 Å². The number of carboxylic acids is 1. The SMILES string of the molecule is CCCCCCCC(=NOCCN1CCCC(C(=O)O)C1)c1ccccc1. The van der Waals surface area contributed by atoms with Crippen molar-refractivity contribution in [3.05, 3.63) is 35.9 Å². The van der Waals surface area contributed by atoms with Crippen LogP contribution in [0.3, 0.4) is 0 Å². The van der Waals surface area contributed by atoms with E-state index in [4.69, 9.17) is 4.84 Å². The number of carbonyl (C=O) groups is 1. The number of hydrogen-bond acceptors (Lipinski definition) is 4. The van der Waals surface area contributed by atoms with Crippen LogP contribution in [-0.2, 0) is 9.63 Å². The normalized spacial score (nSPS) is 18.4. The van der Waals surface area contributed by atoms with Crippen LogP contribution in [0.2, 0.25) is 0 Å². The van der Waals surface area contributed by atoms with E-state index in [-0.39, 0.29) is 5.92 Å². The lowest BCUT2D eigenvalue weighted by Crippen LogP contribution is -2.40. The van der Waals surface area contributed by atoms with Gasteiger partial charge in [-0.05, 0) is 37.8 Å². The predicted molar refractivity (Wildman–Crippen MR) is 109 cm³/mol. The first kappa shape index (κ1) is 21.4. The third-order valence-corrected chi connectivity index (χ3v) is 5.15. The van der Waals surface area contributed by atoms with Crippen molar-refractivity contribution in [3.63, 3.8) is 0 Å². The number of nitrogens with zero attached hydrogens (tertiary/aromatic N) is 2. The Bertz CT molecular complexity index is 574. The highest BCUT2D eigenvalue weighted by molar-refractivity contribution is 6.00. The van der Waals surface area contributed by atoms with Gasteiger partial charge >= 0.3 is 5.97 Å². The fraction of sp³-hybridized carbons (Fsp3) is 0.636. The minimum absolute atomic E-state index is 0.245. The van der Waals surface area contributed by atoms with Crippen LogP contribution in [0.15, 0.2) is 35.5 Å². The number of benzene rings is 1. The first-order valence-corrected chi connectivity index (χ1v) is 10.4. The van der Waals surface area contributed by atoms with Crippen molar-refractivity contribution in [2.45, 2.75) is 58.3 Å². The molecule has 150 valence electrons. The molecule has 0 aromatic heterocycles. The Morgan fingerprint density at radius 1 is 1.22 bits per heavy atom. The first-order chi connectivity index (χ1) is 13.2. The highest BCUT2D eigenvalue weighted by atomic mass is 16.6. The molecule has 0 spiro atoms. The molecular formula is C22H34N2O3. The second-order valence-electron chi connectivity index (χ2n) is 7.38. The third-order valence-electron chi connectivity index (χ3n) is 5.15. The second kappa shape index (κ2) is 12.5. The standard InChI is InChI=1S/C22H34N2O3/c1-2-3-4-5-9-14-21(19-11-7-6-8-12-19)23-27-17-16-24-15-10-13-20(18-24)22(25)26/h6-8,11-12,20H,2-5,9-10,13-18H2,1H3,(H,25,26). The van der Waals surface area contributed by atoms with Crippen molar-refractivity contribution >= 4 is 11.7 Å². The Balaban J connectivity index is 1.80. The lowest BCUT2D eigenvalue weighted by atomic mass is 9.98. The van der Waals surface area contributed by atoms with Crippen molar-refractivity contribution in [1.82, 2.24) is 4.90 Å². The third kappa shape index (κ3) is 8.12. The topological polar surface area (TPSA) is 62.1 Å².